The molecule has 0 saturated carbocycles. The standard InChI is InChI=1S/2C13H12P.2ClH.Pd/c2*1-14(12-8-4-2-5-9-12)13-10-6-3-7-11-13;;;/h2*2-11H,1H2;2*1H;/q;;;;+2/p-2. The zero-order chi connectivity index (χ0) is 21.5. The van der Waals surface area contributed by atoms with Gasteiger partial charge in [0.1, 0.15) is 0 Å². The first-order chi connectivity index (χ1) is 15.1. The van der Waals surface area contributed by atoms with Gasteiger partial charge in [-0.1, -0.05) is 0 Å². The van der Waals surface area contributed by atoms with Gasteiger partial charge in [-0.05, 0) is 0 Å². The second kappa shape index (κ2) is 11.2. The molecule has 0 atom stereocenters. The van der Waals surface area contributed by atoms with Crippen molar-refractivity contribution >= 4 is 56.1 Å². The number of rotatable bonds is 8. The van der Waals surface area contributed by atoms with Gasteiger partial charge in [0.2, 0.25) is 0 Å². The molecule has 0 aliphatic rings. The molecule has 0 fully saturated rings. The van der Waals surface area contributed by atoms with Crippen molar-refractivity contribution in [2.75, 3.05) is 9.27 Å². The normalized spacial score (nSPS) is 12.3. The van der Waals surface area contributed by atoms with Crippen molar-refractivity contribution in [3.8, 4) is 0 Å². The van der Waals surface area contributed by atoms with E-state index in [2.05, 4.69) is 121 Å². The molecule has 0 aliphatic heterocycles. The molecule has 0 heterocycles. The van der Waals surface area contributed by atoms with Crippen LogP contribution in [0.2, 0.25) is 0 Å². The summed E-state index contributed by atoms with van der Waals surface area (Å²) in [5.74, 6) is 0. The van der Waals surface area contributed by atoms with Crippen LogP contribution in [0.15, 0.2) is 121 Å². The summed E-state index contributed by atoms with van der Waals surface area (Å²) in [5.41, 5.74) is 0. The van der Waals surface area contributed by atoms with E-state index in [0.29, 0.717) is 0 Å². The molecule has 0 N–H and O–H groups in total. The van der Waals surface area contributed by atoms with Gasteiger partial charge in [-0.3, -0.25) is 0 Å². The van der Waals surface area contributed by atoms with Crippen molar-refractivity contribution in [1.29, 1.82) is 0 Å². The average Bonchev–Trinajstić information content (AvgIpc) is 2.83. The first kappa shape index (κ1) is 23.2. The van der Waals surface area contributed by atoms with Gasteiger partial charge in [0.25, 0.3) is 0 Å². The van der Waals surface area contributed by atoms with Crippen LogP contribution in [-0.4, -0.2) is 9.27 Å². The summed E-state index contributed by atoms with van der Waals surface area (Å²) in [6, 6.07) is 42.9. The van der Waals surface area contributed by atoms with Crippen LogP contribution in [0.25, 0.3) is 0 Å². The van der Waals surface area contributed by atoms with Crippen LogP contribution in [0.5, 0.6) is 0 Å². The molecule has 5 heteroatoms. The minimum absolute atomic E-state index is 0.594. The quantitative estimate of drug-likeness (QED) is 0.164. The third-order valence-electron chi connectivity index (χ3n) is 4.76. The molecule has 0 saturated heterocycles. The summed E-state index contributed by atoms with van der Waals surface area (Å²) in [4.78, 5) is 0. The molecule has 162 valence electrons. The van der Waals surface area contributed by atoms with E-state index in [4.69, 9.17) is 19.1 Å². The van der Waals surface area contributed by atoms with Crippen molar-refractivity contribution in [2.45, 2.75) is 0 Å². The summed E-state index contributed by atoms with van der Waals surface area (Å²) in [5, 5.41) is 5.37. The Balaban J connectivity index is 1.65. The SMILES string of the molecule is [Cl][Pd]([Cl])([CH2]P(c1ccccc1)c1ccccc1)[CH2]P(c1ccccc1)c1ccccc1. The second-order valence-electron chi connectivity index (χ2n) is 6.94. The maximum atomic E-state index is 7.27. The summed E-state index contributed by atoms with van der Waals surface area (Å²) < 4.78 is 1.74. The topological polar surface area (TPSA) is 0 Å². The molecule has 0 unspecified atom stereocenters. The summed E-state index contributed by atoms with van der Waals surface area (Å²) >= 11 is -2.70. The van der Waals surface area contributed by atoms with Gasteiger partial charge in [0.15, 0.2) is 0 Å². The van der Waals surface area contributed by atoms with E-state index in [-0.39, 0.29) is 0 Å². The molecule has 4 aromatic carbocycles. The molecular weight excluding hydrogens is 552 g/mol. The summed E-state index contributed by atoms with van der Waals surface area (Å²) in [7, 11) is 13.4. The second-order valence-corrected chi connectivity index (χ2v) is 22.9. The van der Waals surface area contributed by atoms with Crippen molar-refractivity contribution in [2.24, 2.45) is 0 Å². The van der Waals surface area contributed by atoms with E-state index in [1.807, 2.05) is 0 Å². The van der Waals surface area contributed by atoms with Gasteiger partial charge >= 0.3 is 200 Å². The van der Waals surface area contributed by atoms with Gasteiger partial charge < -0.3 is 0 Å². The first-order valence-corrected chi connectivity index (χ1v) is 19.1. The van der Waals surface area contributed by atoms with E-state index in [1.165, 1.54) is 21.2 Å². The third-order valence-corrected chi connectivity index (χ3v) is 22.1. The summed E-state index contributed by atoms with van der Waals surface area (Å²) in [6.45, 7) is 0. The van der Waals surface area contributed by atoms with Gasteiger partial charge in [-0.25, -0.2) is 0 Å². The van der Waals surface area contributed by atoms with Crippen molar-refractivity contribution in [3.63, 3.8) is 0 Å². The van der Waals surface area contributed by atoms with Crippen LogP contribution < -0.4 is 21.2 Å². The monoisotopic (exact) mass is 574 g/mol. The molecule has 31 heavy (non-hydrogen) atoms. The molecule has 4 aromatic rings. The van der Waals surface area contributed by atoms with Crippen LogP contribution in [-0.2, 0) is 13.5 Å². The van der Waals surface area contributed by atoms with Crippen molar-refractivity contribution in [3.05, 3.63) is 121 Å². The molecule has 0 bridgehead atoms. The third kappa shape index (κ3) is 6.50. The van der Waals surface area contributed by atoms with Crippen molar-refractivity contribution in [1.82, 2.24) is 0 Å². The Kier molecular flexibility index (Phi) is 8.38. The molecule has 0 nitrogen and oxygen atoms in total. The molecular formula is C26H24Cl2P2Pd. The Morgan fingerprint density at radius 2 is 0.645 bits per heavy atom. The Bertz CT molecular complexity index is 896. The predicted molar refractivity (Wildman–Crippen MR) is 140 cm³/mol. The van der Waals surface area contributed by atoms with Crippen LogP contribution in [0.1, 0.15) is 0 Å². The summed E-state index contributed by atoms with van der Waals surface area (Å²) in [6.07, 6.45) is 0. The zero-order valence-corrected chi connectivity index (χ0v) is 21.8. The fourth-order valence-corrected chi connectivity index (χ4v) is 21.8. The van der Waals surface area contributed by atoms with E-state index >= 15 is 0 Å². The Morgan fingerprint density at radius 1 is 0.419 bits per heavy atom. The predicted octanol–water partition coefficient (Wildman–Crippen LogP) is 6.63. The number of halogens is 2. The van der Waals surface area contributed by atoms with Gasteiger partial charge in [-0.2, -0.15) is 0 Å². The molecule has 4 rings (SSSR count). The van der Waals surface area contributed by atoms with E-state index in [9.17, 15) is 0 Å². The Labute approximate surface area is 199 Å². The van der Waals surface area contributed by atoms with Crippen LogP contribution in [0.3, 0.4) is 0 Å². The minimum atomic E-state index is -2.70. The van der Waals surface area contributed by atoms with E-state index < -0.39 is 29.3 Å². The van der Waals surface area contributed by atoms with Crippen LogP contribution in [0, 0.1) is 0 Å². The molecule has 0 aliphatic carbocycles. The van der Waals surface area contributed by atoms with Gasteiger partial charge in [-0.15, -0.1) is 0 Å². The number of hydrogen-bond acceptors (Lipinski definition) is 0. The Hall–Kier alpha value is -1.02. The molecule has 0 spiro atoms. The fraction of sp³-hybridized carbons (Fsp3) is 0.0769. The van der Waals surface area contributed by atoms with E-state index in [1.54, 1.807) is 0 Å². The van der Waals surface area contributed by atoms with Crippen molar-refractivity contribution < 1.29 is 13.5 Å². The fourth-order valence-electron chi connectivity index (χ4n) is 3.29. The average molecular weight is 576 g/mol. The Morgan fingerprint density at radius 3 is 0.871 bits per heavy atom. The zero-order valence-electron chi connectivity index (χ0n) is 16.9. The number of benzene rings is 4. The molecule has 0 aromatic heterocycles. The molecule has 0 radical (unpaired) electrons. The van der Waals surface area contributed by atoms with Crippen LogP contribution in [0.4, 0.5) is 0 Å². The van der Waals surface area contributed by atoms with Gasteiger partial charge in [0, 0.05) is 0 Å². The number of hydrogen-bond donors (Lipinski definition) is 0. The first-order valence-electron chi connectivity index (χ1n) is 9.86. The van der Waals surface area contributed by atoms with E-state index in [0.717, 1.165) is 9.27 Å². The maximum absolute atomic E-state index is 7.27. The van der Waals surface area contributed by atoms with Crippen LogP contribution >= 0.6 is 34.9 Å². The van der Waals surface area contributed by atoms with Gasteiger partial charge in [0.05, 0.1) is 0 Å². The molecule has 0 amide bonds.